The zero-order chi connectivity index (χ0) is 20.5. The first-order valence-corrected chi connectivity index (χ1v) is 8.88. The number of aliphatic hydroxyl groups is 1. The molecular formula is C22H18O7. The maximum Gasteiger partial charge on any atom is 0.202 e. The van der Waals surface area contributed by atoms with Gasteiger partial charge in [0.2, 0.25) is 5.78 Å². The molecule has 2 atom stereocenters. The van der Waals surface area contributed by atoms with Crippen molar-refractivity contribution < 1.29 is 34.7 Å². The Morgan fingerprint density at radius 3 is 2.41 bits per heavy atom. The van der Waals surface area contributed by atoms with Gasteiger partial charge in [-0.05, 0) is 23.3 Å². The summed E-state index contributed by atoms with van der Waals surface area (Å²) in [6.45, 7) is 0.265. The minimum atomic E-state index is -1.59. The Kier molecular flexibility index (Phi) is 4.74. The van der Waals surface area contributed by atoms with Crippen molar-refractivity contribution in [3.63, 3.8) is 0 Å². The number of carbonyl (C=O) groups excluding carboxylic acids is 1. The number of ketones is 1. The maximum absolute atomic E-state index is 12.5. The molecule has 4 rings (SSSR count). The molecule has 3 aromatic rings. The van der Waals surface area contributed by atoms with Crippen LogP contribution >= 0.6 is 0 Å². The second-order valence-corrected chi connectivity index (χ2v) is 6.69. The van der Waals surface area contributed by atoms with Crippen LogP contribution in [-0.2, 0) is 6.61 Å². The predicted molar refractivity (Wildman–Crippen MR) is 102 cm³/mol. The van der Waals surface area contributed by atoms with Gasteiger partial charge in [-0.2, -0.15) is 0 Å². The third kappa shape index (κ3) is 3.55. The molecule has 0 aromatic heterocycles. The van der Waals surface area contributed by atoms with Crippen molar-refractivity contribution in [2.75, 3.05) is 0 Å². The number of phenolic OH excluding ortho intramolecular Hbond substituents is 3. The monoisotopic (exact) mass is 394 g/mol. The van der Waals surface area contributed by atoms with Gasteiger partial charge in [0.15, 0.2) is 23.7 Å². The highest BCUT2D eigenvalue weighted by Crippen LogP contribution is 2.42. The molecule has 2 unspecified atom stereocenters. The topological polar surface area (TPSA) is 116 Å². The van der Waals surface area contributed by atoms with E-state index in [2.05, 4.69) is 0 Å². The van der Waals surface area contributed by atoms with Crippen LogP contribution in [0, 0.1) is 0 Å². The maximum atomic E-state index is 12.5. The van der Waals surface area contributed by atoms with Crippen molar-refractivity contribution in [2.45, 2.75) is 18.8 Å². The van der Waals surface area contributed by atoms with Gasteiger partial charge in [0.05, 0.1) is 0 Å². The average molecular weight is 394 g/mol. The lowest BCUT2D eigenvalue weighted by atomic mass is 9.92. The Bertz CT molecular complexity index is 1060. The summed E-state index contributed by atoms with van der Waals surface area (Å²) in [6.07, 6.45) is -2.71. The van der Waals surface area contributed by atoms with Crippen LogP contribution in [-0.4, -0.2) is 32.3 Å². The largest absolute Gasteiger partial charge is 0.508 e. The zero-order valence-corrected chi connectivity index (χ0v) is 15.1. The van der Waals surface area contributed by atoms with Crippen molar-refractivity contribution in [3.05, 3.63) is 77.4 Å². The Morgan fingerprint density at radius 1 is 0.931 bits per heavy atom. The van der Waals surface area contributed by atoms with Crippen molar-refractivity contribution in [3.8, 4) is 28.7 Å². The van der Waals surface area contributed by atoms with Gasteiger partial charge in [0, 0.05) is 12.1 Å². The number of aromatic hydroxyl groups is 3. The second-order valence-electron chi connectivity index (χ2n) is 6.69. The molecule has 7 heteroatoms. The van der Waals surface area contributed by atoms with Crippen LogP contribution in [0.15, 0.2) is 60.7 Å². The number of aliphatic hydroxyl groups excluding tert-OH is 1. The van der Waals surface area contributed by atoms with Gasteiger partial charge in [-0.1, -0.05) is 36.4 Å². The van der Waals surface area contributed by atoms with Crippen LogP contribution in [0.3, 0.4) is 0 Å². The summed E-state index contributed by atoms with van der Waals surface area (Å²) < 4.78 is 11.3. The Balaban J connectivity index is 1.58. The van der Waals surface area contributed by atoms with Crippen LogP contribution < -0.4 is 9.47 Å². The van der Waals surface area contributed by atoms with E-state index in [-0.39, 0.29) is 35.2 Å². The average Bonchev–Trinajstić information content (AvgIpc) is 2.70. The quantitative estimate of drug-likeness (QED) is 0.537. The molecule has 0 saturated carbocycles. The molecule has 1 heterocycles. The number of benzene rings is 3. The number of hydrogen-bond acceptors (Lipinski definition) is 7. The third-order valence-electron chi connectivity index (χ3n) is 4.67. The standard InChI is InChI=1S/C22H18O7/c23-14-9-16(25)19-18(10-14)29-22(21(27)20(19)26)13-6-7-17(15(24)8-13)28-11-12-4-2-1-3-5-12/h1-10,21-25,27H,11H2. The summed E-state index contributed by atoms with van der Waals surface area (Å²) in [6, 6.07) is 16.1. The summed E-state index contributed by atoms with van der Waals surface area (Å²) in [4.78, 5) is 12.5. The van der Waals surface area contributed by atoms with Gasteiger partial charge in [0.25, 0.3) is 0 Å². The predicted octanol–water partition coefficient (Wildman–Crippen LogP) is 3.06. The molecule has 7 nitrogen and oxygen atoms in total. The fourth-order valence-corrected chi connectivity index (χ4v) is 3.23. The fourth-order valence-electron chi connectivity index (χ4n) is 3.23. The number of carbonyl (C=O) groups is 1. The second kappa shape index (κ2) is 7.37. The minimum Gasteiger partial charge on any atom is -0.508 e. The summed E-state index contributed by atoms with van der Waals surface area (Å²) >= 11 is 0. The van der Waals surface area contributed by atoms with Gasteiger partial charge in [-0.25, -0.2) is 0 Å². The molecule has 148 valence electrons. The zero-order valence-electron chi connectivity index (χ0n) is 15.1. The van der Waals surface area contributed by atoms with E-state index < -0.39 is 23.7 Å². The number of phenols is 3. The molecule has 4 N–H and O–H groups in total. The van der Waals surface area contributed by atoms with E-state index in [1.54, 1.807) is 6.07 Å². The van der Waals surface area contributed by atoms with E-state index in [1.807, 2.05) is 30.3 Å². The van der Waals surface area contributed by atoms with E-state index in [9.17, 15) is 25.2 Å². The van der Waals surface area contributed by atoms with E-state index in [0.29, 0.717) is 5.56 Å². The lowest BCUT2D eigenvalue weighted by Crippen LogP contribution is -2.36. The number of fused-ring (bicyclic) bond motifs is 1. The normalized spacial score (nSPS) is 18.0. The fraction of sp³-hybridized carbons (Fsp3) is 0.136. The van der Waals surface area contributed by atoms with Gasteiger partial charge in [0.1, 0.15) is 29.4 Å². The van der Waals surface area contributed by atoms with Crippen LogP contribution in [0.1, 0.15) is 27.6 Å². The van der Waals surface area contributed by atoms with Crippen molar-refractivity contribution in [2.24, 2.45) is 0 Å². The number of rotatable bonds is 4. The van der Waals surface area contributed by atoms with Crippen molar-refractivity contribution >= 4 is 5.78 Å². The van der Waals surface area contributed by atoms with Crippen LogP contribution in [0.4, 0.5) is 0 Å². The molecule has 0 aliphatic carbocycles. The minimum absolute atomic E-state index is 0.0494. The van der Waals surface area contributed by atoms with Crippen molar-refractivity contribution in [1.82, 2.24) is 0 Å². The highest BCUT2D eigenvalue weighted by Gasteiger charge is 2.39. The first kappa shape index (κ1) is 18.6. The SMILES string of the molecule is O=C1c2c(O)cc(O)cc2OC(c2ccc(OCc3ccccc3)c(O)c2)C1O. The lowest BCUT2D eigenvalue weighted by Gasteiger charge is -2.30. The number of ether oxygens (including phenoxy) is 2. The molecule has 29 heavy (non-hydrogen) atoms. The molecule has 1 aliphatic heterocycles. The Labute approximate surface area is 166 Å². The van der Waals surface area contributed by atoms with E-state index in [0.717, 1.165) is 11.6 Å². The number of hydrogen-bond donors (Lipinski definition) is 4. The molecule has 0 amide bonds. The molecule has 1 aliphatic rings. The van der Waals surface area contributed by atoms with Crippen LogP contribution in [0.5, 0.6) is 28.7 Å². The van der Waals surface area contributed by atoms with Gasteiger partial charge >= 0.3 is 0 Å². The summed E-state index contributed by atoms with van der Waals surface area (Å²) in [5, 5.41) is 40.2. The highest BCUT2D eigenvalue weighted by molar-refractivity contribution is 6.05. The van der Waals surface area contributed by atoms with Gasteiger partial charge < -0.3 is 29.9 Å². The summed E-state index contributed by atoms with van der Waals surface area (Å²) in [7, 11) is 0. The van der Waals surface area contributed by atoms with E-state index in [1.165, 1.54) is 18.2 Å². The summed E-state index contributed by atoms with van der Waals surface area (Å²) in [5.74, 6) is -1.48. The highest BCUT2D eigenvalue weighted by atomic mass is 16.5. The molecule has 3 aromatic carbocycles. The molecule has 0 saturated heterocycles. The lowest BCUT2D eigenvalue weighted by molar-refractivity contribution is 0.0210. The van der Waals surface area contributed by atoms with E-state index in [4.69, 9.17) is 9.47 Å². The first-order chi connectivity index (χ1) is 13.9. The van der Waals surface area contributed by atoms with E-state index >= 15 is 0 Å². The molecular weight excluding hydrogens is 376 g/mol. The number of Topliss-reactive ketones (excluding diaryl/α,β-unsaturated/α-hetero) is 1. The third-order valence-corrected chi connectivity index (χ3v) is 4.67. The van der Waals surface area contributed by atoms with Crippen LogP contribution in [0.25, 0.3) is 0 Å². The Morgan fingerprint density at radius 2 is 1.69 bits per heavy atom. The van der Waals surface area contributed by atoms with Gasteiger partial charge in [-0.3, -0.25) is 4.79 Å². The first-order valence-electron chi connectivity index (χ1n) is 8.88. The molecule has 0 spiro atoms. The molecule has 0 bridgehead atoms. The smallest absolute Gasteiger partial charge is 0.202 e. The van der Waals surface area contributed by atoms with Gasteiger partial charge in [-0.15, -0.1) is 0 Å². The molecule has 0 radical (unpaired) electrons. The van der Waals surface area contributed by atoms with Crippen LogP contribution in [0.2, 0.25) is 0 Å². The Hall–Kier alpha value is -3.71. The summed E-state index contributed by atoms with van der Waals surface area (Å²) in [5.41, 5.74) is 1.08. The molecule has 0 fully saturated rings. The van der Waals surface area contributed by atoms with Crippen molar-refractivity contribution in [1.29, 1.82) is 0 Å².